The fraction of sp³-hybridized carbons (Fsp3) is 0.533. The summed E-state index contributed by atoms with van der Waals surface area (Å²) >= 11 is 0. The van der Waals surface area contributed by atoms with E-state index in [2.05, 4.69) is 54.1 Å². The van der Waals surface area contributed by atoms with Crippen molar-refractivity contribution in [2.24, 2.45) is 0 Å². The fourth-order valence-corrected chi connectivity index (χ4v) is 2.45. The quantitative estimate of drug-likeness (QED) is 0.878. The predicted octanol–water partition coefficient (Wildman–Crippen LogP) is 2.46. The number of likely N-dealkylation sites (N-methyl/N-ethyl adjacent to an activating group) is 1. The lowest BCUT2D eigenvalue weighted by Crippen LogP contribution is -2.25. The van der Waals surface area contributed by atoms with Gasteiger partial charge in [0.2, 0.25) is 0 Å². The van der Waals surface area contributed by atoms with Gasteiger partial charge in [-0.15, -0.1) is 0 Å². The normalized spacial score (nSPS) is 12.8. The third-order valence-electron chi connectivity index (χ3n) is 3.41. The molecule has 0 saturated carbocycles. The molecule has 1 unspecified atom stereocenters. The molecular weight excluding hydrogens is 250 g/mol. The molecule has 0 radical (unpaired) electrons. The molecule has 2 aromatic rings. The van der Waals surface area contributed by atoms with Gasteiger partial charge in [-0.05, 0) is 44.5 Å². The van der Waals surface area contributed by atoms with Crippen LogP contribution in [-0.2, 0) is 6.42 Å². The summed E-state index contributed by atoms with van der Waals surface area (Å²) in [6.07, 6.45) is 6.22. The van der Waals surface area contributed by atoms with Crippen molar-refractivity contribution < 1.29 is 0 Å². The maximum Gasteiger partial charge on any atom is 0.138 e. The van der Waals surface area contributed by atoms with Gasteiger partial charge in [0.15, 0.2) is 0 Å². The smallest absolute Gasteiger partial charge is 0.138 e. The first-order valence-corrected chi connectivity index (χ1v) is 7.15. The van der Waals surface area contributed by atoms with E-state index in [9.17, 15) is 0 Å². The third-order valence-corrected chi connectivity index (χ3v) is 3.41. The Balaban J connectivity index is 2.26. The van der Waals surface area contributed by atoms with E-state index in [0.717, 1.165) is 18.8 Å². The zero-order valence-corrected chi connectivity index (χ0v) is 12.7. The highest BCUT2D eigenvalue weighted by Crippen LogP contribution is 2.21. The monoisotopic (exact) mass is 273 g/mol. The standard InChI is InChI=1S/C15H23N5/c1-5-17-14(13-6-7-16-9-12(13)4)8-15-18-10-19-20(15)11(2)3/h6-7,9-11,14,17H,5,8H2,1-4H3. The summed E-state index contributed by atoms with van der Waals surface area (Å²) < 4.78 is 1.99. The Morgan fingerprint density at radius 3 is 2.80 bits per heavy atom. The molecule has 1 atom stereocenters. The first-order valence-electron chi connectivity index (χ1n) is 7.15. The van der Waals surface area contributed by atoms with Crippen LogP contribution in [0.15, 0.2) is 24.8 Å². The molecule has 0 bridgehead atoms. The van der Waals surface area contributed by atoms with Crippen molar-refractivity contribution in [2.75, 3.05) is 6.54 Å². The molecule has 2 aromatic heterocycles. The molecule has 2 rings (SSSR count). The van der Waals surface area contributed by atoms with Gasteiger partial charge in [0.1, 0.15) is 12.2 Å². The number of aromatic nitrogens is 4. The number of nitrogens with one attached hydrogen (secondary N) is 1. The molecule has 0 aliphatic rings. The number of aryl methyl sites for hydroxylation is 1. The number of rotatable bonds is 6. The van der Waals surface area contributed by atoms with Gasteiger partial charge >= 0.3 is 0 Å². The van der Waals surface area contributed by atoms with Gasteiger partial charge in [0.25, 0.3) is 0 Å². The Hall–Kier alpha value is -1.75. The highest BCUT2D eigenvalue weighted by Gasteiger charge is 2.17. The number of hydrogen-bond donors (Lipinski definition) is 1. The molecular formula is C15H23N5. The number of nitrogens with zero attached hydrogens (tertiary/aromatic N) is 4. The van der Waals surface area contributed by atoms with Crippen LogP contribution in [-0.4, -0.2) is 26.3 Å². The molecule has 5 nitrogen and oxygen atoms in total. The Labute approximate surface area is 120 Å². The predicted molar refractivity (Wildman–Crippen MR) is 79.5 cm³/mol. The maximum absolute atomic E-state index is 4.41. The highest BCUT2D eigenvalue weighted by molar-refractivity contribution is 5.26. The van der Waals surface area contributed by atoms with Gasteiger partial charge in [0.05, 0.1) is 0 Å². The van der Waals surface area contributed by atoms with E-state index < -0.39 is 0 Å². The van der Waals surface area contributed by atoms with Crippen LogP contribution < -0.4 is 5.32 Å². The second kappa shape index (κ2) is 6.61. The topological polar surface area (TPSA) is 55.6 Å². The average molecular weight is 273 g/mol. The molecule has 108 valence electrons. The van der Waals surface area contributed by atoms with Crippen LogP contribution in [0.5, 0.6) is 0 Å². The van der Waals surface area contributed by atoms with Crippen LogP contribution in [0, 0.1) is 6.92 Å². The summed E-state index contributed by atoms with van der Waals surface area (Å²) in [6, 6.07) is 2.65. The summed E-state index contributed by atoms with van der Waals surface area (Å²) in [5.74, 6) is 1.02. The van der Waals surface area contributed by atoms with E-state index >= 15 is 0 Å². The van der Waals surface area contributed by atoms with Crippen molar-refractivity contribution in [1.29, 1.82) is 0 Å². The number of hydrogen-bond acceptors (Lipinski definition) is 4. The second-order valence-corrected chi connectivity index (χ2v) is 5.26. The molecule has 0 fully saturated rings. The molecule has 0 saturated heterocycles. The van der Waals surface area contributed by atoms with Crippen molar-refractivity contribution in [3.63, 3.8) is 0 Å². The molecule has 0 amide bonds. The van der Waals surface area contributed by atoms with Gasteiger partial charge < -0.3 is 5.32 Å². The Morgan fingerprint density at radius 2 is 2.15 bits per heavy atom. The molecule has 0 aromatic carbocycles. The minimum Gasteiger partial charge on any atom is -0.310 e. The summed E-state index contributed by atoms with van der Waals surface area (Å²) in [5.41, 5.74) is 2.48. The second-order valence-electron chi connectivity index (χ2n) is 5.26. The highest BCUT2D eigenvalue weighted by atomic mass is 15.3. The Bertz CT molecular complexity index is 547. The summed E-state index contributed by atoms with van der Waals surface area (Å²) in [4.78, 5) is 8.58. The first-order chi connectivity index (χ1) is 9.63. The SMILES string of the molecule is CCNC(Cc1ncnn1C(C)C)c1ccncc1C. The molecule has 2 heterocycles. The summed E-state index contributed by atoms with van der Waals surface area (Å²) in [6.45, 7) is 9.38. The van der Waals surface area contributed by atoms with Gasteiger partial charge in [-0.25, -0.2) is 9.67 Å². The summed E-state index contributed by atoms with van der Waals surface area (Å²) in [5, 5.41) is 7.85. The van der Waals surface area contributed by atoms with E-state index in [-0.39, 0.29) is 6.04 Å². The molecule has 5 heteroatoms. The van der Waals surface area contributed by atoms with Gasteiger partial charge in [0, 0.05) is 30.9 Å². The van der Waals surface area contributed by atoms with Crippen molar-refractivity contribution >= 4 is 0 Å². The maximum atomic E-state index is 4.41. The van der Waals surface area contributed by atoms with Gasteiger partial charge in [-0.2, -0.15) is 5.10 Å². The zero-order chi connectivity index (χ0) is 14.5. The van der Waals surface area contributed by atoms with Crippen molar-refractivity contribution in [3.05, 3.63) is 41.7 Å². The lowest BCUT2D eigenvalue weighted by atomic mass is 10.00. The van der Waals surface area contributed by atoms with Gasteiger partial charge in [-0.3, -0.25) is 4.98 Å². The average Bonchev–Trinajstić information content (AvgIpc) is 2.87. The fourth-order valence-electron chi connectivity index (χ4n) is 2.45. The van der Waals surface area contributed by atoms with E-state index in [0.29, 0.717) is 6.04 Å². The van der Waals surface area contributed by atoms with Crippen LogP contribution in [0.25, 0.3) is 0 Å². The Kier molecular flexibility index (Phi) is 4.84. The molecule has 0 aliphatic carbocycles. The zero-order valence-electron chi connectivity index (χ0n) is 12.7. The van der Waals surface area contributed by atoms with Crippen LogP contribution in [0.2, 0.25) is 0 Å². The largest absolute Gasteiger partial charge is 0.310 e. The molecule has 0 aliphatic heterocycles. The van der Waals surface area contributed by atoms with E-state index in [1.54, 1.807) is 6.33 Å². The van der Waals surface area contributed by atoms with E-state index in [1.807, 2.05) is 17.1 Å². The minimum atomic E-state index is 0.240. The van der Waals surface area contributed by atoms with Crippen molar-refractivity contribution in [1.82, 2.24) is 25.1 Å². The third kappa shape index (κ3) is 3.22. The van der Waals surface area contributed by atoms with Crippen molar-refractivity contribution in [2.45, 2.75) is 46.2 Å². The number of pyridine rings is 1. The minimum absolute atomic E-state index is 0.240. The Morgan fingerprint density at radius 1 is 1.35 bits per heavy atom. The summed E-state index contributed by atoms with van der Waals surface area (Å²) in [7, 11) is 0. The molecule has 0 spiro atoms. The molecule has 1 N–H and O–H groups in total. The first kappa shape index (κ1) is 14.7. The van der Waals surface area contributed by atoms with Crippen LogP contribution in [0.4, 0.5) is 0 Å². The lowest BCUT2D eigenvalue weighted by Gasteiger charge is -2.20. The van der Waals surface area contributed by atoms with Crippen LogP contribution >= 0.6 is 0 Å². The lowest BCUT2D eigenvalue weighted by molar-refractivity contribution is 0.467. The van der Waals surface area contributed by atoms with Gasteiger partial charge in [-0.1, -0.05) is 6.92 Å². The molecule has 20 heavy (non-hydrogen) atoms. The van der Waals surface area contributed by atoms with E-state index in [1.165, 1.54) is 11.1 Å². The van der Waals surface area contributed by atoms with Crippen LogP contribution in [0.1, 0.15) is 49.8 Å². The van der Waals surface area contributed by atoms with E-state index in [4.69, 9.17) is 0 Å². The van der Waals surface area contributed by atoms with Crippen LogP contribution in [0.3, 0.4) is 0 Å². The van der Waals surface area contributed by atoms with Crippen molar-refractivity contribution in [3.8, 4) is 0 Å².